The average molecular weight is 295 g/mol. The highest BCUT2D eigenvalue weighted by Gasteiger charge is 2.37. The molecule has 0 heterocycles. The third kappa shape index (κ3) is 4.26. The minimum atomic E-state index is -0.931. The number of nitrogens with two attached hydrogens (primary N) is 1. The van der Waals surface area contributed by atoms with Crippen LogP contribution in [-0.2, 0) is 9.59 Å². The van der Waals surface area contributed by atoms with E-state index in [0.717, 1.165) is 0 Å². The van der Waals surface area contributed by atoms with Crippen LogP contribution in [0.1, 0.15) is 27.2 Å². The molecular weight excluding hydrogens is 273 g/mol. The van der Waals surface area contributed by atoms with E-state index in [9.17, 15) is 14.0 Å². The maximum atomic E-state index is 13.0. The first-order valence-electron chi connectivity index (χ1n) is 6.92. The second-order valence-corrected chi connectivity index (χ2v) is 5.26. The molecule has 1 rings (SSSR count). The Morgan fingerprint density at radius 1 is 1.38 bits per heavy atom. The number of hydrogen-bond donors (Lipinski definition) is 3. The Balaban J connectivity index is 2.68. The van der Waals surface area contributed by atoms with Crippen LogP contribution in [0.25, 0.3) is 0 Å². The standard InChI is InChI=1S/C15H22FN3O2/c1-4-15(10(2)3,14(17)21)18-9-13(20)19-12-7-5-6-11(16)8-12/h5-8,10,18H,4,9H2,1-3H3,(H2,17,21)(H,19,20)/t15-/m1/s1. The number of benzene rings is 1. The Hall–Kier alpha value is -1.95. The maximum Gasteiger partial charge on any atom is 0.238 e. The SMILES string of the molecule is CC[C@](NCC(=O)Nc1cccc(F)c1)(C(N)=O)C(C)C. The van der Waals surface area contributed by atoms with Crippen molar-refractivity contribution >= 4 is 17.5 Å². The van der Waals surface area contributed by atoms with Crippen molar-refractivity contribution in [3.8, 4) is 0 Å². The lowest BCUT2D eigenvalue weighted by molar-refractivity contribution is -0.126. The number of halogens is 1. The highest BCUT2D eigenvalue weighted by molar-refractivity contribution is 5.93. The van der Waals surface area contributed by atoms with Crippen LogP contribution in [0.3, 0.4) is 0 Å². The first-order chi connectivity index (χ1) is 9.81. The van der Waals surface area contributed by atoms with Crippen molar-refractivity contribution in [3.05, 3.63) is 30.1 Å². The van der Waals surface area contributed by atoms with E-state index in [1.54, 1.807) is 6.07 Å². The van der Waals surface area contributed by atoms with Crippen molar-refractivity contribution < 1.29 is 14.0 Å². The third-order valence-corrected chi connectivity index (χ3v) is 3.66. The summed E-state index contributed by atoms with van der Waals surface area (Å²) in [6.07, 6.45) is 0.479. The summed E-state index contributed by atoms with van der Waals surface area (Å²) in [5.74, 6) is -1.33. The molecule has 0 saturated heterocycles. The Kier molecular flexibility index (Phi) is 5.84. The van der Waals surface area contributed by atoms with Gasteiger partial charge in [-0.05, 0) is 30.5 Å². The van der Waals surface area contributed by atoms with Crippen LogP contribution in [0.2, 0.25) is 0 Å². The van der Waals surface area contributed by atoms with Crippen molar-refractivity contribution in [2.24, 2.45) is 11.7 Å². The van der Waals surface area contributed by atoms with E-state index >= 15 is 0 Å². The van der Waals surface area contributed by atoms with Gasteiger partial charge in [-0.3, -0.25) is 14.9 Å². The number of carbonyl (C=O) groups excluding carboxylic acids is 2. The Morgan fingerprint density at radius 2 is 2.05 bits per heavy atom. The van der Waals surface area contributed by atoms with Gasteiger partial charge in [-0.25, -0.2) is 4.39 Å². The number of anilines is 1. The van der Waals surface area contributed by atoms with Crippen molar-refractivity contribution in [2.75, 3.05) is 11.9 Å². The van der Waals surface area contributed by atoms with Gasteiger partial charge in [0.15, 0.2) is 0 Å². The molecule has 4 N–H and O–H groups in total. The third-order valence-electron chi connectivity index (χ3n) is 3.66. The van der Waals surface area contributed by atoms with Gasteiger partial charge in [0.2, 0.25) is 11.8 Å². The quantitative estimate of drug-likeness (QED) is 0.715. The number of nitrogens with one attached hydrogen (secondary N) is 2. The number of hydrogen-bond acceptors (Lipinski definition) is 3. The maximum absolute atomic E-state index is 13.0. The fourth-order valence-corrected chi connectivity index (χ4v) is 2.29. The summed E-state index contributed by atoms with van der Waals surface area (Å²) in [4.78, 5) is 23.6. The van der Waals surface area contributed by atoms with Gasteiger partial charge in [-0.2, -0.15) is 0 Å². The largest absolute Gasteiger partial charge is 0.368 e. The molecule has 0 aliphatic carbocycles. The zero-order chi connectivity index (χ0) is 16.0. The normalized spacial score (nSPS) is 13.8. The molecule has 0 bridgehead atoms. The molecule has 116 valence electrons. The lowest BCUT2D eigenvalue weighted by Crippen LogP contribution is -2.60. The molecule has 0 fully saturated rings. The number of carbonyl (C=O) groups is 2. The molecule has 0 aromatic heterocycles. The summed E-state index contributed by atoms with van der Waals surface area (Å²) >= 11 is 0. The van der Waals surface area contributed by atoms with Crippen LogP contribution in [0, 0.1) is 11.7 Å². The summed E-state index contributed by atoms with van der Waals surface area (Å²) in [7, 11) is 0. The molecule has 21 heavy (non-hydrogen) atoms. The van der Waals surface area contributed by atoms with Crippen LogP contribution < -0.4 is 16.4 Å². The van der Waals surface area contributed by atoms with Crippen LogP contribution >= 0.6 is 0 Å². The molecule has 1 aromatic rings. The number of primary amides is 1. The highest BCUT2D eigenvalue weighted by Crippen LogP contribution is 2.20. The summed E-state index contributed by atoms with van der Waals surface area (Å²) in [6.45, 7) is 5.49. The van der Waals surface area contributed by atoms with Gasteiger partial charge < -0.3 is 11.1 Å². The minimum Gasteiger partial charge on any atom is -0.368 e. The van der Waals surface area contributed by atoms with Gasteiger partial charge in [-0.15, -0.1) is 0 Å². The van der Waals surface area contributed by atoms with Crippen molar-refractivity contribution in [1.29, 1.82) is 0 Å². The van der Waals surface area contributed by atoms with E-state index in [-0.39, 0.29) is 18.4 Å². The second kappa shape index (κ2) is 7.17. The molecule has 6 heteroatoms. The molecule has 0 spiro atoms. The molecule has 0 aliphatic heterocycles. The molecular formula is C15H22FN3O2. The summed E-state index contributed by atoms with van der Waals surface area (Å²) in [6, 6.07) is 5.61. The minimum absolute atomic E-state index is 0.0537. The van der Waals surface area contributed by atoms with E-state index in [1.807, 2.05) is 20.8 Å². The summed E-state index contributed by atoms with van der Waals surface area (Å²) in [5.41, 5.74) is 4.90. The van der Waals surface area contributed by atoms with Gasteiger partial charge >= 0.3 is 0 Å². The highest BCUT2D eigenvalue weighted by atomic mass is 19.1. The molecule has 5 nitrogen and oxygen atoms in total. The van der Waals surface area contributed by atoms with Crippen LogP contribution in [-0.4, -0.2) is 23.9 Å². The molecule has 0 radical (unpaired) electrons. The predicted octanol–water partition coefficient (Wildman–Crippen LogP) is 1.64. The zero-order valence-electron chi connectivity index (χ0n) is 12.6. The lowest BCUT2D eigenvalue weighted by atomic mass is 9.83. The van der Waals surface area contributed by atoms with Crippen LogP contribution in [0.4, 0.5) is 10.1 Å². The Bertz CT molecular complexity index is 519. The lowest BCUT2D eigenvalue weighted by Gasteiger charge is -2.34. The Morgan fingerprint density at radius 3 is 2.52 bits per heavy atom. The molecule has 1 aromatic carbocycles. The van der Waals surface area contributed by atoms with Gasteiger partial charge in [-0.1, -0.05) is 26.8 Å². The fourth-order valence-electron chi connectivity index (χ4n) is 2.29. The average Bonchev–Trinajstić information content (AvgIpc) is 2.39. The molecule has 2 amide bonds. The van der Waals surface area contributed by atoms with Gasteiger partial charge in [0, 0.05) is 5.69 Å². The van der Waals surface area contributed by atoms with E-state index in [0.29, 0.717) is 12.1 Å². The first-order valence-corrected chi connectivity index (χ1v) is 6.92. The predicted molar refractivity (Wildman–Crippen MR) is 80.1 cm³/mol. The van der Waals surface area contributed by atoms with E-state index in [2.05, 4.69) is 10.6 Å². The molecule has 0 saturated carbocycles. The van der Waals surface area contributed by atoms with Gasteiger partial charge in [0.1, 0.15) is 11.4 Å². The topological polar surface area (TPSA) is 84.2 Å². The zero-order valence-corrected chi connectivity index (χ0v) is 12.6. The van der Waals surface area contributed by atoms with Crippen molar-refractivity contribution in [3.63, 3.8) is 0 Å². The first kappa shape index (κ1) is 17.1. The van der Waals surface area contributed by atoms with Gasteiger partial charge in [0.05, 0.1) is 6.54 Å². The molecule has 0 unspecified atom stereocenters. The van der Waals surface area contributed by atoms with Crippen molar-refractivity contribution in [2.45, 2.75) is 32.7 Å². The van der Waals surface area contributed by atoms with E-state index in [4.69, 9.17) is 5.73 Å². The van der Waals surface area contributed by atoms with Crippen molar-refractivity contribution in [1.82, 2.24) is 5.32 Å². The fraction of sp³-hybridized carbons (Fsp3) is 0.467. The number of amides is 2. The smallest absolute Gasteiger partial charge is 0.238 e. The summed E-state index contributed by atoms with van der Waals surface area (Å²) in [5, 5.41) is 5.50. The molecule has 1 atom stereocenters. The molecule has 0 aliphatic rings. The number of rotatable bonds is 7. The second-order valence-electron chi connectivity index (χ2n) is 5.26. The van der Waals surface area contributed by atoms with Crippen LogP contribution in [0.15, 0.2) is 24.3 Å². The monoisotopic (exact) mass is 295 g/mol. The van der Waals surface area contributed by atoms with E-state index < -0.39 is 17.3 Å². The summed E-state index contributed by atoms with van der Waals surface area (Å²) < 4.78 is 13.0. The van der Waals surface area contributed by atoms with Gasteiger partial charge in [0.25, 0.3) is 0 Å². The van der Waals surface area contributed by atoms with E-state index in [1.165, 1.54) is 18.2 Å². The van der Waals surface area contributed by atoms with Crippen LogP contribution in [0.5, 0.6) is 0 Å². The Labute approximate surface area is 124 Å².